The third-order valence-corrected chi connectivity index (χ3v) is 6.87. The molecule has 2 aliphatic heterocycles. The van der Waals surface area contributed by atoms with E-state index in [0.717, 1.165) is 12.3 Å². The molecule has 12 heteroatoms. The number of rotatable bonds is 4. The molecule has 2 aromatic heterocycles. The number of carbonyl (C=O) groups is 2. The van der Waals surface area contributed by atoms with Gasteiger partial charge in [-0.3, -0.25) is 9.59 Å². The number of aromatic nitrogens is 2. The van der Waals surface area contributed by atoms with E-state index in [1.807, 2.05) is 0 Å². The highest BCUT2D eigenvalue weighted by molar-refractivity contribution is 7.17. The van der Waals surface area contributed by atoms with E-state index in [4.69, 9.17) is 0 Å². The number of nitrogens with zero attached hydrogens (tertiary/aromatic N) is 4. The number of thiazole rings is 1. The maximum Gasteiger partial charge on any atom is 0.417 e. The minimum Gasteiger partial charge on any atom is -0.386 e. The Morgan fingerprint density at radius 2 is 1.89 bits per heavy atom. The first-order valence-electron chi connectivity index (χ1n) is 11.4. The van der Waals surface area contributed by atoms with Crippen molar-refractivity contribution in [3.05, 3.63) is 40.8 Å². The van der Waals surface area contributed by atoms with Gasteiger partial charge in [0.05, 0.1) is 29.1 Å². The highest BCUT2D eigenvalue weighted by Gasteiger charge is 2.42. The van der Waals surface area contributed by atoms with Crippen molar-refractivity contribution >= 4 is 29.0 Å². The lowest BCUT2D eigenvalue weighted by Crippen LogP contribution is -2.61. The standard InChI is InChI=1S/C24H28F3N5O3S/c1-13-7-6-8-32(13)20(33)17-18(36-19(29-17)21(34)31-11-23(5,35)12-31)14-10-28-16(30-22(2,3)4)9-15(14)24(25,26)27/h9-10,35H,1,6-8,11-12H2,2-5H3,(H,28,30). The summed E-state index contributed by atoms with van der Waals surface area (Å²) in [6, 6.07) is 0.900. The van der Waals surface area contributed by atoms with E-state index in [9.17, 15) is 27.9 Å². The summed E-state index contributed by atoms with van der Waals surface area (Å²) in [4.78, 5) is 37.4. The van der Waals surface area contributed by atoms with E-state index in [1.165, 1.54) is 9.80 Å². The lowest BCUT2D eigenvalue weighted by Gasteiger charge is -2.43. The van der Waals surface area contributed by atoms with E-state index in [0.29, 0.717) is 36.4 Å². The van der Waals surface area contributed by atoms with Crippen LogP contribution >= 0.6 is 11.3 Å². The van der Waals surface area contributed by atoms with E-state index < -0.39 is 34.7 Å². The Kier molecular flexibility index (Phi) is 6.40. The van der Waals surface area contributed by atoms with Crippen molar-refractivity contribution in [2.75, 3.05) is 25.0 Å². The van der Waals surface area contributed by atoms with Gasteiger partial charge in [-0.25, -0.2) is 9.97 Å². The number of hydrogen-bond acceptors (Lipinski definition) is 7. The topological polar surface area (TPSA) is 98.7 Å². The van der Waals surface area contributed by atoms with Crippen molar-refractivity contribution in [2.24, 2.45) is 0 Å². The van der Waals surface area contributed by atoms with Crippen LogP contribution in [-0.2, 0) is 6.18 Å². The summed E-state index contributed by atoms with van der Waals surface area (Å²) in [5, 5.41) is 12.8. The fourth-order valence-corrected chi connectivity index (χ4v) is 5.27. The van der Waals surface area contributed by atoms with Gasteiger partial charge in [0.25, 0.3) is 11.8 Å². The molecule has 0 bridgehead atoms. The first-order valence-corrected chi connectivity index (χ1v) is 12.3. The second-order valence-electron chi connectivity index (χ2n) is 10.5. The van der Waals surface area contributed by atoms with E-state index in [2.05, 4.69) is 21.9 Å². The molecule has 0 aromatic carbocycles. The van der Waals surface area contributed by atoms with Crippen molar-refractivity contribution in [3.63, 3.8) is 0 Å². The van der Waals surface area contributed by atoms with Gasteiger partial charge < -0.3 is 20.2 Å². The third kappa shape index (κ3) is 5.24. The molecule has 2 saturated heterocycles. The molecule has 2 fully saturated rings. The molecular formula is C24H28F3N5O3S. The molecule has 2 aromatic rings. The zero-order valence-electron chi connectivity index (χ0n) is 20.5. The van der Waals surface area contributed by atoms with Crippen molar-refractivity contribution in [3.8, 4) is 10.4 Å². The molecule has 2 aliphatic rings. The number of aliphatic hydroxyl groups is 1. The normalized spacial score (nSPS) is 17.8. The van der Waals surface area contributed by atoms with E-state index in [1.54, 1.807) is 27.7 Å². The number of allylic oxidation sites excluding steroid dienone is 1. The van der Waals surface area contributed by atoms with Gasteiger partial charge in [0.15, 0.2) is 5.01 Å². The number of nitrogens with one attached hydrogen (secondary N) is 1. The number of alkyl halides is 3. The summed E-state index contributed by atoms with van der Waals surface area (Å²) in [5.41, 5.74) is -2.59. The first-order chi connectivity index (χ1) is 16.6. The summed E-state index contributed by atoms with van der Waals surface area (Å²) in [6.45, 7) is 11.3. The van der Waals surface area contributed by atoms with Crippen LogP contribution in [-0.4, -0.2) is 67.5 Å². The molecule has 2 amide bonds. The second-order valence-corrected chi connectivity index (χ2v) is 11.5. The predicted molar refractivity (Wildman–Crippen MR) is 130 cm³/mol. The molecule has 4 heterocycles. The first kappa shape index (κ1) is 26.1. The minimum absolute atomic E-state index is 0.0306. The molecule has 2 N–H and O–H groups in total. The van der Waals surface area contributed by atoms with Crippen LogP contribution in [0.15, 0.2) is 24.5 Å². The smallest absolute Gasteiger partial charge is 0.386 e. The largest absolute Gasteiger partial charge is 0.417 e. The van der Waals surface area contributed by atoms with Crippen molar-refractivity contribution in [1.29, 1.82) is 0 Å². The predicted octanol–water partition coefficient (Wildman–Crippen LogP) is 4.39. The molecule has 4 rings (SSSR count). The third-order valence-electron chi connectivity index (χ3n) is 5.79. The lowest BCUT2D eigenvalue weighted by molar-refractivity contribution is -0.137. The SMILES string of the molecule is C=C1CCCN1C(=O)c1nc(C(=O)N2CC(C)(O)C2)sc1-c1cnc(NC(C)(C)C)cc1C(F)(F)F. The molecule has 36 heavy (non-hydrogen) atoms. The van der Waals surface area contributed by atoms with Crippen LogP contribution in [0.2, 0.25) is 0 Å². The molecule has 194 valence electrons. The van der Waals surface area contributed by atoms with Gasteiger partial charge >= 0.3 is 6.18 Å². The van der Waals surface area contributed by atoms with E-state index >= 15 is 0 Å². The molecule has 0 spiro atoms. The van der Waals surface area contributed by atoms with Gasteiger partial charge in [0, 0.05) is 29.5 Å². The second kappa shape index (κ2) is 8.84. The Labute approximate surface area is 210 Å². The van der Waals surface area contributed by atoms with Gasteiger partial charge in [-0.2, -0.15) is 13.2 Å². The summed E-state index contributed by atoms with van der Waals surface area (Å²) >= 11 is 0.715. The number of pyridine rings is 1. The van der Waals surface area contributed by atoms with Gasteiger partial charge in [0.2, 0.25) is 0 Å². The fourth-order valence-electron chi connectivity index (χ4n) is 4.22. The van der Waals surface area contributed by atoms with Crippen LogP contribution in [0.5, 0.6) is 0 Å². The lowest BCUT2D eigenvalue weighted by atomic mass is 9.97. The van der Waals surface area contributed by atoms with Gasteiger partial charge in [-0.15, -0.1) is 11.3 Å². The van der Waals surface area contributed by atoms with Crippen LogP contribution < -0.4 is 5.32 Å². The Hall–Kier alpha value is -2.99. The summed E-state index contributed by atoms with van der Waals surface area (Å²) in [6.07, 6.45) is -2.43. The fraction of sp³-hybridized carbons (Fsp3) is 0.500. The van der Waals surface area contributed by atoms with Gasteiger partial charge in [-0.1, -0.05) is 6.58 Å². The average molecular weight is 524 g/mol. The zero-order valence-corrected chi connectivity index (χ0v) is 21.3. The monoisotopic (exact) mass is 523 g/mol. The number of carbonyl (C=O) groups excluding carboxylic acids is 2. The highest BCUT2D eigenvalue weighted by Crippen LogP contribution is 2.42. The Morgan fingerprint density at radius 3 is 2.42 bits per heavy atom. The summed E-state index contributed by atoms with van der Waals surface area (Å²) in [5.74, 6) is -1.13. The van der Waals surface area contributed by atoms with Gasteiger partial charge in [-0.05, 0) is 46.6 Å². The van der Waals surface area contributed by atoms with Crippen LogP contribution in [0.4, 0.5) is 19.0 Å². The van der Waals surface area contributed by atoms with Crippen LogP contribution in [0, 0.1) is 0 Å². The number of hydrogen-bond donors (Lipinski definition) is 2. The average Bonchev–Trinajstić information content (AvgIpc) is 3.36. The number of anilines is 1. The molecule has 0 radical (unpaired) electrons. The molecule has 8 nitrogen and oxygen atoms in total. The maximum absolute atomic E-state index is 14.2. The van der Waals surface area contributed by atoms with Crippen molar-refractivity contribution < 1.29 is 27.9 Å². The maximum atomic E-state index is 14.2. The zero-order chi connectivity index (χ0) is 26.6. The van der Waals surface area contributed by atoms with Crippen LogP contribution in [0.25, 0.3) is 10.4 Å². The number of amides is 2. The Bertz CT molecular complexity index is 1220. The van der Waals surface area contributed by atoms with Crippen LogP contribution in [0.1, 0.15) is 66.4 Å². The molecule has 0 atom stereocenters. The van der Waals surface area contributed by atoms with Crippen molar-refractivity contribution in [2.45, 2.75) is 57.9 Å². The molecular weight excluding hydrogens is 495 g/mol. The minimum atomic E-state index is -4.76. The highest BCUT2D eigenvalue weighted by atomic mass is 32.1. The van der Waals surface area contributed by atoms with Gasteiger partial charge in [0.1, 0.15) is 11.5 Å². The van der Waals surface area contributed by atoms with Crippen LogP contribution in [0.3, 0.4) is 0 Å². The number of likely N-dealkylation sites (tertiary alicyclic amines) is 2. The summed E-state index contributed by atoms with van der Waals surface area (Å²) in [7, 11) is 0. The number of β-amino-alcohol motifs (C(OH)–C–C–N with tert-alkyl or cyclic N) is 1. The molecule has 0 unspecified atom stereocenters. The molecule has 0 saturated carbocycles. The quantitative estimate of drug-likeness (QED) is 0.617. The molecule has 0 aliphatic carbocycles. The summed E-state index contributed by atoms with van der Waals surface area (Å²) < 4.78 is 42.6. The Morgan fingerprint density at radius 1 is 1.22 bits per heavy atom. The Balaban J connectivity index is 1.83. The number of halogens is 3. The van der Waals surface area contributed by atoms with Crippen molar-refractivity contribution in [1.82, 2.24) is 19.8 Å². The van der Waals surface area contributed by atoms with E-state index in [-0.39, 0.29) is 40.0 Å².